The Bertz CT molecular complexity index is 1480. The number of ether oxygens (including phenoxy) is 1. The maximum Gasteiger partial charge on any atom is 0.338 e. The first-order chi connectivity index (χ1) is 17.5. The van der Waals surface area contributed by atoms with Crippen LogP contribution in [0.1, 0.15) is 35.3 Å². The van der Waals surface area contributed by atoms with Crippen molar-refractivity contribution in [3.63, 3.8) is 0 Å². The number of likely N-dealkylation sites (N-methyl/N-ethyl adjacent to an activating group) is 1. The van der Waals surface area contributed by atoms with Gasteiger partial charge >= 0.3 is 5.97 Å². The average Bonchev–Trinajstić information content (AvgIpc) is 3.07. The smallest absolute Gasteiger partial charge is 0.338 e. The highest BCUT2D eigenvalue weighted by molar-refractivity contribution is 7.89. The molecule has 0 saturated heterocycles. The fraction of sp³-hybridized carbons (Fsp3) is 0.214. The molecule has 3 aromatic rings. The number of para-hydroxylation sites is 1. The van der Waals surface area contributed by atoms with Crippen LogP contribution in [0.25, 0.3) is 0 Å². The number of allylic oxidation sites excluding steroid dienone is 1. The molecule has 37 heavy (non-hydrogen) atoms. The summed E-state index contributed by atoms with van der Waals surface area (Å²) in [6, 6.07) is 20.7. The van der Waals surface area contributed by atoms with E-state index in [9.17, 15) is 18.0 Å². The van der Waals surface area contributed by atoms with Crippen molar-refractivity contribution < 1.29 is 22.7 Å². The summed E-state index contributed by atoms with van der Waals surface area (Å²) in [7, 11) is -2.12. The van der Waals surface area contributed by atoms with E-state index >= 15 is 0 Å². The minimum Gasteiger partial charge on any atom is -0.454 e. The Balaban J connectivity index is 1.44. The van der Waals surface area contributed by atoms with Gasteiger partial charge in [0.1, 0.15) is 4.90 Å². The van der Waals surface area contributed by atoms with Gasteiger partial charge in [-0.25, -0.2) is 17.9 Å². The fourth-order valence-corrected chi connectivity index (χ4v) is 5.90. The van der Waals surface area contributed by atoms with Crippen molar-refractivity contribution in [1.29, 1.82) is 0 Å². The number of carbonyl (C=O) groups is 2. The van der Waals surface area contributed by atoms with Crippen molar-refractivity contribution in [2.75, 3.05) is 18.6 Å². The Morgan fingerprint density at radius 2 is 1.70 bits per heavy atom. The molecule has 0 saturated carbocycles. The number of benzene rings is 3. The van der Waals surface area contributed by atoms with Crippen LogP contribution in [0, 0.1) is 0 Å². The standard InChI is InChI=1S/C28H27ClN2O5S/c1-28(2)22-11-7-8-12-24(22)31(3)26(28)16-21(32)18-36-27(33)20-13-14-23(29)25(15-20)37(34,35)30-17-19-9-5-4-6-10-19/h4-16,30H,17-18H2,1-3H3/b26-16+. The Morgan fingerprint density at radius 1 is 1.03 bits per heavy atom. The number of hydrogen-bond donors (Lipinski definition) is 1. The SMILES string of the molecule is CN1/C(=C/C(=O)COC(=O)c2ccc(Cl)c(S(=O)(=O)NCc3ccccc3)c2)C(C)(C)c2ccccc21. The van der Waals surface area contributed by atoms with E-state index in [0.29, 0.717) is 0 Å². The molecule has 9 heteroatoms. The summed E-state index contributed by atoms with van der Waals surface area (Å²) >= 11 is 6.13. The molecule has 0 amide bonds. The summed E-state index contributed by atoms with van der Waals surface area (Å²) in [5.74, 6) is -1.22. The molecule has 0 unspecified atom stereocenters. The van der Waals surface area contributed by atoms with Gasteiger partial charge in [0, 0.05) is 36.5 Å². The van der Waals surface area contributed by atoms with Crippen LogP contribution >= 0.6 is 11.6 Å². The molecule has 7 nitrogen and oxygen atoms in total. The van der Waals surface area contributed by atoms with Crippen LogP contribution in [0.2, 0.25) is 5.02 Å². The number of fused-ring (bicyclic) bond motifs is 1. The molecule has 1 aliphatic heterocycles. The van der Waals surface area contributed by atoms with E-state index in [1.165, 1.54) is 18.2 Å². The lowest BCUT2D eigenvalue weighted by atomic mass is 9.83. The van der Waals surface area contributed by atoms with Gasteiger partial charge in [0.15, 0.2) is 12.4 Å². The number of carbonyl (C=O) groups excluding carboxylic acids is 2. The van der Waals surface area contributed by atoms with E-state index in [1.54, 1.807) is 24.3 Å². The lowest BCUT2D eigenvalue weighted by Gasteiger charge is -2.23. The van der Waals surface area contributed by atoms with Crippen LogP contribution in [0.15, 0.2) is 89.5 Å². The maximum atomic E-state index is 12.8. The third-order valence-corrected chi connectivity index (χ3v) is 8.23. The quantitative estimate of drug-likeness (QED) is 0.325. The van der Waals surface area contributed by atoms with E-state index in [-0.39, 0.29) is 27.8 Å². The second-order valence-corrected chi connectivity index (χ2v) is 11.4. The van der Waals surface area contributed by atoms with E-state index in [4.69, 9.17) is 16.3 Å². The molecule has 3 aromatic carbocycles. The molecule has 0 radical (unpaired) electrons. The van der Waals surface area contributed by atoms with Crippen LogP contribution in [-0.2, 0) is 31.5 Å². The Hall–Kier alpha value is -3.46. The predicted molar refractivity (Wildman–Crippen MR) is 143 cm³/mol. The van der Waals surface area contributed by atoms with Gasteiger partial charge in [-0.05, 0) is 35.4 Å². The second-order valence-electron chi connectivity index (χ2n) is 9.23. The van der Waals surface area contributed by atoms with E-state index in [0.717, 1.165) is 28.6 Å². The summed E-state index contributed by atoms with van der Waals surface area (Å²) in [5, 5.41) is -0.0380. The molecule has 0 fully saturated rings. The number of nitrogens with one attached hydrogen (secondary N) is 1. The van der Waals surface area contributed by atoms with Crippen LogP contribution in [0.3, 0.4) is 0 Å². The van der Waals surface area contributed by atoms with E-state index in [1.807, 2.05) is 56.1 Å². The zero-order valence-electron chi connectivity index (χ0n) is 20.7. The number of esters is 1. The van der Waals surface area contributed by atoms with Gasteiger partial charge in [-0.15, -0.1) is 0 Å². The minimum absolute atomic E-state index is 0.0318. The summed E-state index contributed by atoms with van der Waals surface area (Å²) in [6.07, 6.45) is 1.48. The van der Waals surface area contributed by atoms with Gasteiger partial charge in [-0.3, -0.25) is 4.79 Å². The molecule has 1 N–H and O–H groups in total. The summed E-state index contributed by atoms with van der Waals surface area (Å²) in [4.78, 5) is 27.1. The summed E-state index contributed by atoms with van der Waals surface area (Å²) in [5.41, 5.74) is 3.25. The molecule has 0 bridgehead atoms. The summed E-state index contributed by atoms with van der Waals surface area (Å²) < 4.78 is 33.3. The van der Waals surface area contributed by atoms with Crippen molar-refractivity contribution in [1.82, 2.24) is 4.72 Å². The number of sulfonamides is 1. The number of ketones is 1. The molecule has 0 atom stereocenters. The molecule has 1 heterocycles. The van der Waals surface area contributed by atoms with Gasteiger partial charge < -0.3 is 9.64 Å². The number of nitrogens with zero attached hydrogens (tertiary/aromatic N) is 1. The van der Waals surface area contributed by atoms with E-state index in [2.05, 4.69) is 4.72 Å². The number of hydrogen-bond acceptors (Lipinski definition) is 6. The molecule has 0 spiro atoms. The zero-order valence-corrected chi connectivity index (χ0v) is 22.3. The lowest BCUT2D eigenvalue weighted by molar-refractivity contribution is -0.117. The highest BCUT2D eigenvalue weighted by Gasteiger charge is 2.38. The number of halogens is 1. The molecule has 192 valence electrons. The van der Waals surface area contributed by atoms with Crippen molar-refractivity contribution in [3.05, 3.63) is 106 Å². The van der Waals surface area contributed by atoms with Crippen molar-refractivity contribution in [2.24, 2.45) is 0 Å². The highest BCUT2D eigenvalue weighted by Crippen LogP contribution is 2.46. The van der Waals surface area contributed by atoms with Crippen LogP contribution in [-0.4, -0.2) is 33.8 Å². The van der Waals surface area contributed by atoms with Gasteiger partial charge in [0.2, 0.25) is 10.0 Å². The van der Waals surface area contributed by atoms with Crippen molar-refractivity contribution >= 4 is 39.1 Å². The predicted octanol–water partition coefficient (Wildman–Crippen LogP) is 4.86. The first-order valence-electron chi connectivity index (χ1n) is 11.6. The highest BCUT2D eigenvalue weighted by atomic mass is 35.5. The van der Waals surface area contributed by atoms with Gasteiger partial charge in [0.25, 0.3) is 0 Å². The molecule has 0 aliphatic carbocycles. The van der Waals surface area contributed by atoms with Gasteiger partial charge in [-0.2, -0.15) is 0 Å². The average molecular weight is 539 g/mol. The normalized spacial score (nSPS) is 15.5. The van der Waals surface area contributed by atoms with E-state index < -0.39 is 28.0 Å². The topological polar surface area (TPSA) is 92.8 Å². The lowest BCUT2D eigenvalue weighted by Crippen LogP contribution is -2.25. The van der Waals surface area contributed by atoms with Crippen molar-refractivity contribution in [2.45, 2.75) is 30.7 Å². The van der Waals surface area contributed by atoms with Crippen LogP contribution in [0.4, 0.5) is 5.69 Å². The zero-order chi connectivity index (χ0) is 26.8. The van der Waals surface area contributed by atoms with Crippen LogP contribution in [0.5, 0.6) is 0 Å². The van der Waals surface area contributed by atoms with Gasteiger partial charge in [0.05, 0.1) is 10.6 Å². The second kappa shape index (κ2) is 10.5. The molecule has 4 rings (SSSR count). The Morgan fingerprint density at radius 3 is 2.41 bits per heavy atom. The monoisotopic (exact) mass is 538 g/mol. The maximum absolute atomic E-state index is 12.8. The summed E-state index contributed by atoms with van der Waals surface area (Å²) in [6.45, 7) is 3.63. The van der Waals surface area contributed by atoms with Gasteiger partial charge in [-0.1, -0.05) is 74.0 Å². The Kier molecular flexibility index (Phi) is 7.54. The minimum atomic E-state index is -4.01. The Labute approximate surface area is 221 Å². The first kappa shape index (κ1) is 26.6. The largest absolute Gasteiger partial charge is 0.454 e. The molecular formula is C28H27ClN2O5S. The first-order valence-corrected chi connectivity index (χ1v) is 13.5. The number of rotatable bonds is 8. The molecule has 0 aromatic heterocycles. The van der Waals surface area contributed by atoms with Crippen molar-refractivity contribution in [3.8, 4) is 0 Å². The molecular weight excluding hydrogens is 512 g/mol. The van der Waals surface area contributed by atoms with Crippen LogP contribution < -0.4 is 9.62 Å². The fourth-order valence-electron chi connectivity index (χ4n) is 4.36. The molecule has 1 aliphatic rings. The third-order valence-electron chi connectivity index (χ3n) is 6.35. The third kappa shape index (κ3) is 5.61. The number of anilines is 1.